The van der Waals surface area contributed by atoms with E-state index in [4.69, 9.17) is 11.6 Å². The first kappa shape index (κ1) is 13.6. The topological polar surface area (TPSA) is 80.0 Å². The maximum atomic E-state index is 11.6. The van der Waals surface area contributed by atoms with E-state index in [0.717, 1.165) is 5.56 Å². The molecule has 0 spiro atoms. The molecule has 1 atom stereocenters. The average molecular weight is 305 g/mol. The quantitative estimate of drug-likeness (QED) is 0.891. The smallest absolute Gasteiger partial charge is 0.335 e. The number of anilines is 1. The molecule has 108 valence electrons. The van der Waals surface area contributed by atoms with Gasteiger partial charge in [0.2, 0.25) is 5.95 Å². The van der Waals surface area contributed by atoms with E-state index in [9.17, 15) is 9.90 Å². The number of allylic oxidation sites excluding steroid dienone is 1. The summed E-state index contributed by atoms with van der Waals surface area (Å²) in [6.07, 6.45) is 0. The van der Waals surface area contributed by atoms with Gasteiger partial charge < -0.3 is 10.4 Å². The summed E-state index contributed by atoms with van der Waals surface area (Å²) in [5.41, 5.74) is 1.60. The van der Waals surface area contributed by atoms with Crippen molar-refractivity contribution in [2.24, 2.45) is 0 Å². The van der Waals surface area contributed by atoms with Crippen molar-refractivity contribution in [2.45, 2.75) is 19.9 Å². The van der Waals surface area contributed by atoms with Crippen LogP contribution in [0.2, 0.25) is 5.02 Å². The summed E-state index contributed by atoms with van der Waals surface area (Å²) in [4.78, 5) is 15.9. The monoisotopic (exact) mass is 304 g/mol. The number of nitrogens with zero attached hydrogens (tertiary/aromatic N) is 3. The van der Waals surface area contributed by atoms with Gasteiger partial charge in [0.05, 0.1) is 5.57 Å². The standard InChI is InChI=1S/C14H13ClN4O2/c1-7-11(13(20)21)12(9-3-5-10(15)6-4-9)19-14(16-7)17-8(2)18-19/h3-6,12H,1-2H3,(H,20,21)(H,16,17,18)/t12-/m0/s1. The maximum Gasteiger partial charge on any atom is 0.335 e. The fraction of sp³-hybridized carbons (Fsp3) is 0.214. The Morgan fingerprint density at radius 1 is 1.33 bits per heavy atom. The van der Waals surface area contributed by atoms with Crippen LogP contribution in [0.4, 0.5) is 5.95 Å². The molecule has 1 aliphatic heterocycles. The first-order valence-corrected chi connectivity index (χ1v) is 6.75. The number of carboxylic acids is 1. The number of hydrogen-bond donors (Lipinski definition) is 2. The molecule has 6 nitrogen and oxygen atoms in total. The molecule has 1 aromatic heterocycles. The summed E-state index contributed by atoms with van der Waals surface area (Å²) in [6, 6.07) is 6.54. The van der Waals surface area contributed by atoms with Crippen LogP contribution in [0.1, 0.15) is 24.4 Å². The van der Waals surface area contributed by atoms with Crippen molar-refractivity contribution in [3.05, 3.63) is 51.9 Å². The number of carbonyl (C=O) groups is 1. The van der Waals surface area contributed by atoms with Gasteiger partial charge in [-0.3, -0.25) is 0 Å². The van der Waals surface area contributed by atoms with Gasteiger partial charge in [0.25, 0.3) is 0 Å². The van der Waals surface area contributed by atoms with Gasteiger partial charge in [0.15, 0.2) is 0 Å². The van der Waals surface area contributed by atoms with E-state index in [2.05, 4.69) is 15.4 Å². The third-order valence-electron chi connectivity index (χ3n) is 3.37. The molecule has 0 fully saturated rings. The predicted octanol–water partition coefficient (Wildman–Crippen LogP) is 2.61. The fourth-order valence-electron chi connectivity index (χ4n) is 2.49. The second-order valence-corrected chi connectivity index (χ2v) is 5.29. The van der Waals surface area contributed by atoms with Crippen molar-refractivity contribution in [1.29, 1.82) is 0 Å². The number of rotatable bonds is 2. The van der Waals surface area contributed by atoms with Gasteiger partial charge in [0.1, 0.15) is 11.9 Å². The highest BCUT2D eigenvalue weighted by Crippen LogP contribution is 2.35. The Morgan fingerprint density at radius 2 is 2.00 bits per heavy atom. The summed E-state index contributed by atoms with van der Waals surface area (Å²) in [7, 11) is 0. The summed E-state index contributed by atoms with van der Waals surface area (Å²) in [5, 5.41) is 17.4. The molecule has 0 saturated heterocycles. The molecule has 0 amide bonds. The highest BCUT2D eigenvalue weighted by atomic mass is 35.5. The normalized spacial score (nSPS) is 17.4. The van der Waals surface area contributed by atoms with Crippen molar-refractivity contribution in [1.82, 2.24) is 14.8 Å². The van der Waals surface area contributed by atoms with Crippen LogP contribution < -0.4 is 5.32 Å². The average Bonchev–Trinajstić information content (AvgIpc) is 2.77. The van der Waals surface area contributed by atoms with E-state index in [1.807, 2.05) is 0 Å². The van der Waals surface area contributed by atoms with Gasteiger partial charge in [-0.2, -0.15) is 10.1 Å². The zero-order valence-corrected chi connectivity index (χ0v) is 12.2. The van der Waals surface area contributed by atoms with Crippen LogP contribution in [0.3, 0.4) is 0 Å². The maximum absolute atomic E-state index is 11.6. The number of aromatic nitrogens is 3. The lowest BCUT2D eigenvalue weighted by molar-refractivity contribution is -0.133. The highest BCUT2D eigenvalue weighted by molar-refractivity contribution is 6.30. The number of carboxylic acid groups (broad SMARTS) is 1. The minimum Gasteiger partial charge on any atom is -0.478 e. The molecule has 0 radical (unpaired) electrons. The second kappa shape index (κ2) is 4.89. The number of aliphatic carboxylic acids is 1. The summed E-state index contributed by atoms with van der Waals surface area (Å²) >= 11 is 5.91. The van der Waals surface area contributed by atoms with Crippen molar-refractivity contribution in [3.63, 3.8) is 0 Å². The molecule has 21 heavy (non-hydrogen) atoms. The summed E-state index contributed by atoms with van der Waals surface area (Å²) < 4.78 is 1.59. The number of hydrogen-bond acceptors (Lipinski definition) is 4. The molecular weight excluding hydrogens is 292 g/mol. The molecule has 2 N–H and O–H groups in total. The number of halogens is 1. The molecule has 0 bridgehead atoms. The molecular formula is C14H13ClN4O2. The van der Waals surface area contributed by atoms with Crippen molar-refractivity contribution >= 4 is 23.5 Å². The van der Waals surface area contributed by atoms with Crippen LogP contribution in [0, 0.1) is 6.92 Å². The van der Waals surface area contributed by atoms with Crippen molar-refractivity contribution in [3.8, 4) is 0 Å². The van der Waals surface area contributed by atoms with Crippen LogP contribution in [-0.4, -0.2) is 25.8 Å². The zero-order chi connectivity index (χ0) is 15.1. The molecule has 0 aliphatic carbocycles. The Hall–Kier alpha value is -2.34. The van der Waals surface area contributed by atoms with E-state index in [-0.39, 0.29) is 5.57 Å². The third kappa shape index (κ3) is 2.27. The minimum absolute atomic E-state index is 0.245. The van der Waals surface area contributed by atoms with Crippen LogP contribution in [0.5, 0.6) is 0 Å². The van der Waals surface area contributed by atoms with Crippen LogP contribution in [0.25, 0.3) is 0 Å². The van der Waals surface area contributed by atoms with Gasteiger partial charge in [-0.1, -0.05) is 23.7 Å². The van der Waals surface area contributed by atoms with E-state index in [0.29, 0.717) is 22.5 Å². The van der Waals surface area contributed by atoms with Crippen LogP contribution >= 0.6 is 11.6 Å². The SMILES string of the molecule is CC1=C(C(=O)O)[C@H](c2ccc(Cl)cc2)n2nc(C)nc2N1. The minimum atomic E-state index is -0.987. The van der Waals surface area contributed by atoms with E-state index in [1.54, 1.807) is 42.8 Å². The van der Waals surface area contributed by atoms with Gasteiger partial charge in [-0.15, -0.1) is 0 Å². The second-order valence-electron chi connectivity index (χ2n) is 4.85. The lowest BCUT2D eigenvalue weighted by Crippen LogP contribution is -2.28. The first-order valence-electron chi connectivity index (χ1n) is 6.37. The molecule has 0 unspecified atom stereocenters. The van der Waals surface area contributed by atoms with Gasteiger partial charge >= 0.3 is 5.97 Å². The fourth-order valence-corrected chi connectivity index (χ4v) is 2.61. The molecule has 7 heteroatoms. The highest BCUT2D eigenvalue weighted by Gasteiger charge is 2.33. The Morgan fingerprint density at radius 3 is 2.62 bits per heavy atom. The number of fused-ring (bicyclic) bond motifs is 1. The Balaban J connectivity index is 2.21. The number of nitrogens with one attached hydrogen (secondary N) is 1. The lowest BCUT2D eigenvalue weighted by atomic mass is 9.96. The zero-order valence-electron chi connectivity index (χ0n) is 11.5. The Labute approximate surface area is 126 Å². The van der Waals surface area contributed by atoms with Gasteiger partial charge in [-0.25, -0.2) is 9.48 Å². The van der Waals surface area contributed by atoms with E-state index < -0.39 is 12.0 Å². The third-order valence-corrected chi connectivity index (χ3v) is 3.63. The summed E-state index contributed by atoms with van der Waals surface area (Å²) in [5.74, 6) is 0.129. The molecule has 1 aliphatic rings. The van der Waals surface area contributed by atoms with E-state index >= 15 is 0 Å². The van der Waals surface area contributed by atoms with Crippen LogP contribution in [-0.2, 0) is 4.79 Å². The number of benzene rings is 1. The van der Waals surface area contributed by atoms with Crippen molar-refractivity contribution in [2.75, 3.05) is 5.32 Å². The van der Waals surface area contributed by atoms with Gasteiger partial charge in [-0.05, 0) is 31.5 Å². The summed E-state index contributed by atoms with van der Waals surface area (Å²) in [6.45, 7) is 3.49. The molecule has 2 heterocycles. The molecule has 3 rings (SSSR count). The van der Waals surface area contributed by atoms with Crippen LogP contribution in [0.15, 0.2) is 35.5 Å². The Kier molecular flexibility index (Phi) is 3.17. The predicted molar refractivity (Wildman–Crippen MR) is 78.3 cm³/mol. The van der Waals surface area contributed by atoms with Crippen molar-refractivity contribution < 1.29 is 9.90 Å². The molecule has 2 aromatic rings. The molecule has 0 saturated carbocycles. The van der Waals surface area contributed by atoms with Gasteiger partial charge in [0, 0.05) is 10.7 Å². The first-order chi connectivity index (χ1) is 9.97. The largest absolute Gasteiger partial charge is 0.478 e. The lowest BCUT2D eigenvalue weighted by Gasteiger charge is -2.27. The van der Waals surface area contributed by atoms with E-state index in [1.165, 1.54) is 0 Å². The molecule has 1 aromatic carbocycles. The number of aryl methyl sites for hydroxylation is 1. The Bertz CT molecular complexity index is 749.